The third-order valence-electron chi connectivity index (χ3n) is 9.41. The van der Waals surface area contributed by atoms with E-state index in [0.717, 1.165) is 80.8 Å². The van der Waals surface area contributed by atoms with Gasteiger partial charge in [0.05, 0.1) is 30.5 Å². The first-order valence-corrected chi connectivity index (χ1v) is 16.8. The van der Waals surface area contributed by atoms with Crippen LogP contribution in [0.1, 0.15) is 53.6 Å². The first kappa shape index (κ1) is 33.3. The number of aromatic nitrogens is 3. The lowest BCUT2D eigenvalue weighted by molar-refractivity contribution is -0.137. The summed E-state index contributed by atoms with van der Waals surface area (Å²) in [7, 11) is 1.85. The van der Waals surface area contributed by atoms with Gasteiger partial charge in [-0.2, -0.15) is 5.10 Å². The van der Waals surface area contributed by atoms with E-state index in [-0.39, 0.29) is 30.3 Å². The summed E-state index contributed by atoms with van der Waals surface area (Å²) in [6, 6.07) is 18.9. The van der Waals surface area contributed by atoms with Crippen LogP contribution >= 0.6 is 0 Å². The normalized spacial score (nSPS) is 18.6. The van der Waals surface area contributed by atoms with Crippen LogP contribution in [0.5, 0.6) is 0 Å². The van der Waals surface area contributed by atoms with E-state index in [4.69, 9.17) is 15.6 Å². The standard InChI is InChI=1S/C37H45N7O4/c1-42-24-31(22-40-42)30-20-32(36(38)39-21-30)37(47)41-33-4-2-5-34(33)48-25-27-9-13-29(14-10-27)28-11-7-26(8-12-28)23-44-18-16-43(17-19-44)15-3-6-35(45)46/h7-14,20-22,24,33-34H,2-6,15-19,23,25H2,1H3,(H2,38,39)(H,41,47)(H,45,46)/t33-,34-/m0/s1. The molecule has 1 aliphatic heterocycles. The maximum Gasteiger partial charge on any atom is 0.303 e. The molecule has 0 unspecified atom stereocenters. The number of hydrogen-bond donors (Lipinski definition) is 3. The SMILES string of the molecule is Cn1cc(-c2cnc(N)c(C(=O)N[C@H]3CCC[C@@H]3OCc3ccc(-c4ccc(CN5CCN(CCCC(=O)O)CC5)cc4)cc3)c2)cn1. The number of amides is 1. The Morgan fingerprint density at radius 2 is 1.60 bits per heavy atom. The molecular formula is C37H45N7O4. The molecule has 2 atom stereocenters. The monoisotopic (exact) mass is 651 g/mol. The Balaban J connectivity index is 0.968. The molecule has 4 N–H and O–H groups in total. The van der Waals surface area contributed by atoms with Crippen molar-refractivity contribution < 1.29 is 19.4 Å². The van der Waals surface area contributed by atoms with Crippen molar-refractivity contribution in [2.75, 3.05) is 38.5 Å². The van der Waals surface area contributed by atoms with E-state index in [9.17, 15) is 9.59 Å². The number of pyridine rings is 1. The Kier molecular flexibility index (Phi) is 10.8. The van der Waals surface area contributed by atoms with E-state index in [1.54, 1.807) is 23.1 Å². The summed E-state index contributed by atoms with van der Waals surface area (Å²) in [5.74, 6) is -0.759. The molecule has 0 bridgehead atoms. The average molecular weight is 652 g/mol. The fourth-order valence-electron chi connectivity index (χ4n) is 6.60. The minimum Gasteiger partial charge on any atom is -0.481 e. The van der Waals surface area contributed by atoms with Gasteiger partial charge >= 0.3 is 5.97 Å². The smallest absolute Gasteiger partial charge is 0.303 e. The van der Waals surface area contributed by atoms with E-state index in [2.05, 4.69) is 73.7 Å². The molecule has 48 heavy (non-hydrogen) atoms. The topological polar surface area (TPSA) is 139 Å². The summed E-state index contributed by atoms with van der Waals surface area (Å²) in [6.45, 7) is 6.22. The van der Waals surface area contributed by atoms with E-state index in [1.807, 2.05) is 13.2 Å². The third kappa shape index (κ3) is 8.66. The summed E-state index contributed by atoms with van der Waals surface area (Å²) >= 11 is 0. The molecule has 252 valence electrons. The fraction of sp³-hybridized carbons (Fsp3) is 0.405. The summed E-state index contributed by atoms with van der Waals surface area (Å²) in [6.07, 6.45) is 8.88. The van der Waals surface area contributed by atoms with Gasteiger partial charge in [0.2, 0.25) is 0 Å². The Bertz CT molecular complexity index is 1680. The van der Waals surface area contributed by atoms with Crippen molar-refractivity contribution >= 4 is 17.7 Å². The highest BCUT2D eigenvalue weighted by atomic mass is 16.5. The number of carbonyl (C=O) groups excluding carboxylic acids is 1. The van der Waals surface area contributed by atoms with Gasteiger partial charge in [-0.15, -0.1) is 0 Å². The van der Waals surface area contributed by atoms with Crippen LogP contribution in [-0.2, 0) is 29.7 Å². The highest BCUT2D eigenvalue weighted by molar-refractivity contribution is 5.99. The zero-order chi connectivity index (χ0) is 33.5. The van der Waals surface area contributed by atoms with Gasteiger partial charge in [0, 0.05) is 69.7 Å². The van der Waals surface area contributed by atoms with Gasteiger partial charge in [0.25, 0.3) is 5.91 Å². The molecule has 1 aliphatic carbocycles. The summed E-state index contributed by atoms with van der Waals surface area (Å²) in [5, 5.41) is 16.2. The van der Waals surface area contributed by atoms with Crippen molar-refractivity contribution in [3.05, 3.63) is 89.9 Å². The Morgan fingerprint density at radius 1 is 0.917 bits per heavy atom. The van der Waals surface area contributed by atoms with Gasteiger partial charge in [-0.05, 0) is 60.5 Å². The van der Waals surface area contributed by atoms with Crippen LogP contribution in [0, 0.1) is 0 Å². The second kappa shape index (κ2) is 15.5. The first-order chi connectivity index (χ1) is 23.3. The lowest BCUT2D eigenvalue weighted by Gasteiger charge is -2.34. The molecule has 11 heteroatoms. The maximum atomic E-state index is 13.3. The van der Waals surface area contributed by atoms with Gasteiger partial charge in [0.15, 0.2) is 0 Å². The number of nitrogens with zero attached hydrogens (tertiary/aromatic N) is 5. The van der Waals surface area contributed by atoms with Crippen LogP contribution in [0.2, 0.25) is 0 Å². The second-order valence-corrected chi connectivity index (χ2v) is 12.9. The van der Waals surface area contributed by atoms with Crippen molar-refractivity contribution in [1.82, 2.24) is 29.9 Å². The maximum absolute atomic E-state index is 13.3. The van der Waals surface area contributed by atoms with Crippen LogP contribution in [0.3, 0.4) is 0 Å². The molecule has 6 rings (SSSR count). The zero-order valence-corrected chi connectivity index (χ0v) is 27.6. The minimum atomic E-state index is -0.718. The molecule has 0 spiro atoms. The third-order valence-corrected chi connectivity index (χ3v) is 9.41. The highest BCUT2D eigenvalue weighted by Gasteiger charge is 2.30. The number of piperazine rings is 1. The van der Waals surface area contributed by atoms with E-state index < -0.39 is 5.97 Å². The number of aryl methyl sites for hydroxylation is 1. The number of carboxylic acids is 1. The first-order valence-electron chi connectivity index (χ1n) is 16.8. The number of nitrogen functional groups attached to an aromatic ring is 1. The van der Waals surface area contributed by atoms with Gasteiger partial charge in [-0.1, -0.05) is 48.5 Å². The Morgan fingerprint density at radius 3 is 2.27 bits per heavy atom. The fourth-order valence-corrected chi connectivity index (χ4v) is 6.60. The molecule has 2 aliphatic rings. The molecule has 1 amide bonds. The predicted octanol–water partition coefficient (Wildman–Crippen LogP) is 4.58. The second-order valence-electron chi connectivity index (χ2n) is 12.9. The van der Waals surface area contributed by atoms with Crippen molar-refractivity contribution in [1.29, 1.82) is 0 Å². The van der Waals surface area contributed by atoms with Crippen molar-refractivity contribution in [2.45, 2.75) is 57.4 Å². The molecule has 2 aromatic carbocycles. The van der Waals surface area contributed by atoms with Gasteiger partial charge in [0.1, 0.15) is 5.82 Å². The molecule has 2 fully saturated rings. The van der Waals surface area contributed by atoms with Crippen molar-refractivity contribution in [3.8, 4) is 22.3 Å². The number of anilines is 1. The molecule has 1 saturated carbocycles. The molecule has 11 nitrogen and oxygen atoms in total. The number of ether oxygens (including phenoxy) is 1. The zero-order valence-electron chi connectivity index (χ0n) is 27.6. The van der Waals surface area contributed by atoms with Crippen LogP contribution < -0.4 is 11.1 Å². The van der Waals surface area contributed by atoms with Crippen LogP contribution in [0.25, 0.3) is 22.3 Å². The largest absolute Gasteiger partial charge is 0.481 e. The molecule has 3 heterocycles. The number of aliphatic carboxylic acids is 1. The lowest BCUT2D eigenvalue weighted by Crippen LogP contribution is -2.46. The minimum absolute atomic E-state index is 0.0724. The number of rotatable bonds is 13. The van der Waals surface area contributed by atoms with E-state index >= 15 is 0 Å². The lowest BCUT2D eigenvalue weighted by atomic mass is 10.0. The molecule has 4 aromatic rings. The van der Waals surface area contributed by atoms with Crippen molar-refractivity contribution in [3.63, 3.8) is 0 Å². The average Bonchev–Trinajstić information content (AvgIpc) is 3.73. The molecule has 0 radical (unpaired) electrons. The quantitative estimate of drug-likeness (QED) is 0.190. The molecule has 1 saturated heterocycles. The predicted molar refractivity (Wildman–Crippen MR) is 185 cm³/mol. The van der Waals surface area contributed by atoms with Crippen molar-refractivity contribution in [2.24, 2.45) is 7.05 Å². The molecular weight excluding hydrogens is 606 g/mol. The summed E-state index contributed by atoms with van der Waals surface area (Å²) in [4.78, 5) is 33.1. The van der Waals surface area contributed by atoms with Crippen LogP contribution in [0.4, 0.5) is 5.82 Å². The number of benzene rings is 2. The van der Waals surface area contributed by atoms with Crippen LogP contribution in [-0.4, -0.2) is 86.4 Å². The van der Waals surface area contributed by atoms with Gasteiger partial charge in [-0.25, -0.2) is 4.98 Å². The Labute approximate surface area is 281 Å². The molecule has 2 aromatic heterocycles. The van der Waals surface area contributed by atoms with Crippen LogP contribution in [0.15, 0.2) is 73.2 Å². The number of carboxylic acid groups (broad SMARTS) is 1. The van der Waals surface area contributed by atoms with Gasteiger partial charge < -0.3 is 25.8 Å². The van der Waals surface area contributed by atoms with Gasteiger partial charge in [-0.3, -0.25) is 19.2 Å². The highest BCUT2D eigenvalue weighted by Crippen LogP contribution is 2.27. The number of carbonyl (C=O) groups is 2. The number of nitrogens with two attached hydrogens (primary N) is 1. The number of hydrogen-bond acceptors (Lipinski definition) is 8. The number of nitrogens with one attached hydrogen (secondary N) is 1. The van der Waals surface area contributed by atoms with E-state index in [0.29, 0.717) is 18.6 Å². The van der Waals surface area contributed by atoms with E-state index in [1.165, 1.54) is 11.1 Å². The summed E-state index contributed by atoms with van der Waals surface area (Å²) in [5.41, 5.74) is 12.8. The Hall–Kier alpha value is -4.58. The summed E-state index contributed by atoms with van der Waals surface area (Å²) < 4.78 is 8.04.